The van der Waals surface area contributed by atoms with E-state index in [4.69, 9.17) is 25.8 Å². The van der Waals surface area contributed by atoms with Gasteiger partial charge in [0.15, 0.2) is 11.5 Å². The van der Waals surface area contributed by atoms with Crippen molar-refractivity contribution in [1.82, 2.24) is 10.2 Å². The zero-order valence-corrected chi connectivity index (χ0v) is 24.3. The molecular weight excluding hydrogens is 643 g/mol. The molecule has 0 fully saturated rings. The zero-order chi connectivity index (χ0) is 28.5. The van der Waals surface area contributed by atoms with Crippen LogP contribution in [0.4, 0.5) is 0 Å². The smallest absolute Gasteiger partial charge is 0.249 e. The summed E-state index contributed by atoms with van der Waals surface area (Å²) in [5.41, 5.74) is 1.41. The zero-order valence-electron chi connectivity index (χ0n) is 21.4. The topological polar surface area (TPSA) is 135 Å². The lowest BCUT2D eigenvalue weighted by atomic mass is 9.87. The molecular formula is C27H30ClIN2O8. The lowest BCUT2D eigenvalue weighted by Crippen LogP contribution is -2.55. The Balaban J connectivity index is 2.03. The van der Waals surface area contributed by atoms with Gasteiger partial charge in [0.25, 0.3) is 0 Å². The quantitative estimate of drug-likeness (QED) is 0.231. The van der Waals surface area contributed by atoms with Gasteiger partial charge in [0.1, 0.15) is 25.1 Å². The van der Waals surface area contributed by atoms with Crippen LogP contribution in [0.3, 0.4) is 0 Å². The Labute approximate surface area is 245 Å². The molecule has 2 aromatic rings. The first-order valence-electron chi connectivity index (χ1n) is 12.0. The summed E-state index contributed by atoms with van der Waals surface area (Å²) in [5, 5.41) is 23.9. The second kappa shape index (κ2) is 14.6. The average Bonchev–Trinajstić information content (AvgIpc) is 2.93. The van der Waals surface area contributed by atoms with Gasteiger partial charge in [-0.1, -0.05) is 23.7 Å². The highest BCUT2D eigenvalue weighted by molar-refractivity contribution is 14.1. The molecule has 0 aliphatic heterocycles. The number of rotatable bonds is 12. The Hall–Kier alpha value is -2.71. The van der Waals surface area contributed by atoms with Crippen LogP contribution in [0.1, 0.15) is 22.3 Å². The van der Waals surface area contributed by atoms with E-state index in [1.54, 1.807) is 30.3 Å². The van der Waals surface area contributed by atoms with Crippen LogP contribution < -0.4 is 14.8 Å². The lowest BCUT2D eigenvalue weighted by molar-refractivity contribution is -0.143. The number of nitrogens with zero attached hydrogens (tertiary/aromatic N) is 1. The molecule has 3 N–H and O–H groups in total. The number of ether oxygens (including phenoxy) is 3. The van der Waals surface area contributed by atoms with Gasteiger partial charge in [-0.25, -0.2) is 0 Å². The summed E-state index contributed by atoms with van der Waals surface area (Å²) in [6, 6.07) is 9.17. The van der Waals surface area contributed by atoms with Crippen LogP contribution in [0.2, 0.25) is 5.02 Å². The van der Waals surface area contributed by atoms with Gasteiger partial charge in [0, 0.05) is 42.8 Å². The lowest BCUT2D eigenvalue weighted by Gasteiger charge is -2.40. The molecule has 3 atom stereocenters. The van der Waals surface area contributed by atoms with Crippen molar-refractivity contribution < 1.29 is 38.8 Å². The largest absolute Gasteiger partial charge is 0.493 e. The van der Waals surface area contributed by atoms with Crippen molar-refractivity contribution in [3.63, 3.8) is 0 Å². The molecule has 2 amide bonds. The Morgan fingerprint density at radius 1 is 1.23 bits per heavy atom. The van der Waals surface area contributed by atoms with E-state index < -0.39 is 30.1 Å². The minimum Gasteiger partial charge on any atom is -0.493 e. The van der Waals surface area contributed by atoms with Crippen molar-refractivity contribution in [3.05, 3.63) is 67.8 Å². The Morgan fingerprint density at radius 3 is 2.56 bits per heavy atom. The van der Waals surface area contributed by atoms with Crippen LogP contribution in [0, 0.1) is 3.57 Å². The second-order valence-electron chi connectivity index (χ2n) is 8.75. The van der Waals surface area contributed by atoms with E-state index in [1.165, 1.54) is 31.3 Å². The van der Waals surface area contributed by atoms with E-state index in [-0.39, 0.29) is 49.8 Å². The molecule has 0 saturated heterocycles. The van der Waals surface area contributed by atoms with E-state index in [0.717, 1.165) is 5.56 Å². The number of aliphatic hydroxyl groups is 2. The minimum atomic E-state index is -1.25. The molecule has 0 aromatic heterocycles. The fraction of sp³-hybridized carbons (Fsp3) is 0.370. The molecule has 10 nitrogen and oxygen atoms in total. The summed E-state index contributed by atoms with van der Waals surface area (Å²) in [6.07, 6.45) is -0.109. The summed E-state index contributed by atoms with van der Waals surface area (Å²) in [5.74, 6) is -0.313. The Kier molecular flexibility index (Phi) is 11.5. The summed E-state index contributed by atoms with van der Waals surface area (Å²) >= 11 is 8.01. The van der Waals surface area contributed by atoms with Gasteiger partial charge in [-0.3, -0.25) is 14.4 Å². The van der Waals surface area contributed by atoms with Crippen LogP contribution in [-0.2, 0) is 20.9 Å². The van der Waals surface area contributed by atoms with Crippen LogP contribution in [0.15, 0.2) is 48.0 Å². The minimum absolute atomic E-state index is 0.0274. The van der Waals surface area contributed by atoms with Gasteiger partial charge >= 0.3 is 0 Å². The number of methoxy groups -OCH3 is 2. The second-order valence-corrected chi connectivity index (χ2v) is 10.3. The SMILES string of the molecule is COCC(=O)N(Cc1ccc(Cl)cc1)C1CC(C(=O)NCCO)=CC(Oc2c(I)cc(C=O)cc2OC)C1O. The third kappa shape index (κ3) is 7.92. The summed E-state index contributed by atoms with van der Waals surface area (Å²) < 4.78 is 17.3. The molecule has 0 heterocycles. The standard InChI is InChI=1S/C27H30ClIN2O8/c1-37-15-24(34)31(13-16-3-5-19(28)6-4-16)21-11-18(27(36)30-7-8-32)12-22(25(21)35)39-26-20(29)9-17(14-33)10-23(26)38-2/h3-6,9-10,12,14,21-22,25,32,35H,7-8,11,13,15H2,1-2H3,(H,30,36). The summed E-state index contributed by atoms with van der Waals surface area (Å²) in [4.78, 5) is 39.0. The van der Waals surface area contributed by atoms with Gasteiger partial charge < -0.3 is 34.6 Å². The van der Waals surface area contributed by atoms with Crippen LogP contribution in [0.5, 0.6) is 11.5 Å². The van der Waals surface area contributed by atoms with E-state index >= 15 is 0 Å². The molecule has 3 rings (SSSR count). The van der Waals surface area contributed by atoms with Gasteiger partial charge in [0.2, 0.25) is 11.8 Å². The predicted molar refractivity (Wildman–Crippen MR) is 152 cm³/mol. The maximum atomic E-state index is 13.2. The first-order valence-corrected chi connectivity index (χ1v) is 13.5. The first kappa shape index (κ1) is 30.8. The number of carbonyl (C=O) groups excluding carboxylic acids is 3. The predicted octanol–water partition coefficient (Wildman–Crippen LogP) is 2.36. The maximum Gasteiger partial charge on any atom is 0.249 e. The molecule has 0 bridgehead atoms. The number of halogens is 2. The number of amides is 2. The van der Waals surface area contributed by atoms with Gasteiger partial charge in [-0.05, 0) is 58.5 Å². The van der Waals surface area contributed by atoms with Crippen molar-refractivity contribution in [3.8, 4) is 11.5 Å². The number of carbonyl (C=O) groups is 3. The van der Waals surface area contributed by atoms with Crippen LogP contribution in [-0.4, -0.2) is 85.4 Å². The number of aldehydes is 1. The maximum absolute atomic E-state index is 13.2. The number of hydrogen-bond acceptors (Lipinski definition) is 8. The van der Waals surface area contributed by atoms with Gasteiger partial charge in [-0.15, -0.1) is 0 Å². The fourth-order valence-electron chi connectivity index (χ4n) is 4.22. The molecule has 210 valence electrons. The molecule has 12 heteroatoms. The molecule has 1 aliphatic carbocycles. The molecule has 0 radical (unpaired) electrons. The number of nitrogens with one attached hydrogen (secondary N) is 1. The van der Waals surface area contributed by atoms with Crippen molar-refractivity contribution in [2.24, 2.45) is 0 Å². The first-order chi connectivity index (χ1) is 18.7. The van der Waals surface area contributed by atoms with E-state index in [0.29, 0.717) is 20.4 Å². The van der Waals surface area contributed by atoms with E-state index in [1.807, 2.05) is 22.6 Å². The highest BCUT2D eigenvalue weighted by atomic mass is 127. The van der Waals surface area contributed by atoms with Crippen molar-refractivity contribution in [2.45, 2.75) is 31.2 Å². The van der Waals surface area contributed by atoms with Crippen molar-refractivity contribution in [1.29, 1.82) is 0 Å². The third-order valence-electron chi connectivity index (χ3n) is 6.11. The van der Waals surface area contributed by atoms with Crippen molar-refractivity contribution in [2.75, 3.05) is 34.0 Å². The molecule has 39 heavy (non-hydrogen) atoms. The summed E-state index contributed by atoms with van der Waals surface area (Å²) in [6.45, 7) is -0.339. The highest BCUT2D eigenvalue weighted by Gasteiger charge is 2.41. The van der Waals surface area contributed by atoms with Gasteiger partial charge in [0.05, 0.1) is 23.3 Å². The Morgan fingerprint density at radius 2 is 1.95 bits per heavy atom. The third-order valence-corrected chi connectivity index (χ3v) is 7.16. The van der Waals surface area contributed by atoms with E-state index in [9.17, 15) is 24.6 Å². The van der Waals surface area contributed by atoms with Crippen LogP contribution >= 0.6 is 34.2 Å². The molecule has 2 aromatic carbocycles. The molecule has 1 aliphatic rings. The molecule has 3 unspecified atom stereocenters. The number of aliphatic hydroxyl groups excluding tert-OH is 2. The molecule has 0 spiro atoms. The number of hydrogen-bond donors (Lipinski definition) is 3. The normalized spacial score (nSPS) is 18.6. The monoisotopic (exact) mass is 672 g/mol. The van der Waals surface area contributed by atoms with Crippen LogP contribution in [0.25, 0.3) is 0 Å². The Bertz CT molecular complexity index is 1210. The number of benzene rings is 2. The van der Waals surface area contributed by atoms with Gasteiger partial charge in [-0.2, -0.15) is 0 Å². The van der Waals surface area contributed by atoms with Crippen molar-refractivity contribution >= 4 is 52.3 Å². The summed E-state index contributed by atoms with van der Waals surface area (Å²) in [7, 11) is 2.82. The average molecular weight is 673 g/mol. The molecule has 0 saturated carbocycles. The van der Waals surface area contributed by atoms with E-state index in [2.05, 4.69) is 5.32 Å². The highest BCUT2D eigenvalue weighted by Crippen LogP contribution is 2.37. The fourth-order valence-corrected chi connectivity index (χ4v) is 5.10.